The Kier molecular flexibility index (Phi) is 4.61. The first-order chi connectivity index (χ1) is 8.36. The predicted octanol–water partition coefficient (Wildman–Crippen LogP) is 1.72. The summed E-state index contributed by atoms with van der Waals surface area (Å²) >= 11 is 0. The number of benzene rings is 1. The van der Waals surface area contributed by atoms with Crippen LogP contribution in [0.25, 0.3) is 0 Å². The number of nitrogens with one attached hydrogen (secondary N) is 1. The lowest BCUT2D eigenvalue weighted by Gasteiger charge is -2.18. The molecule has 1 fully saturated rings. The van der Waals surface area contributed by atoms with Gasteiger partial charge in [-0.15, -0.1) is 0 Å². The first kappa shape index (κ1) is 12.2. The predicted molar refractivity (Wildman–Crippen MR) is 71.8 cm³/mol. The minimum absolute atomic E-state index is 0.702. The van der Waals surface area contributed by atoms with Crippen LogP contribution in [0.2, 0.25) is 0 Å². The summed E-state index contributed by atoms with van der Waals surface area (Å²) in [4.78, 5) is 2.43. The lowest BCUT2D eigenvalue weighted by Crippen LogP contribution is -2.35. The van der Waals surface area contributed by atoms with E-state index in [1.54, 1.807) is 0 Å². The van der Waals surface area contributed by atoms with Crippen LogP contribution < -0.4 is 5.32 Å². The Morgan fingerprint density at radius 1 is 1.35 bits per heavy atom. The van der Waals surface area contributed by atoms with Gasteiger partial charge in [-0.2, -0.15) is 0 Å². The van der Waals surface area contributed by atoms with Gasteiger partial charge in [0.2, 0.25) is 0 Å². The van der Waals surface area contributed by atoms with Crippen LogP contribution in [-0.4, -0.2) is 37.6 Å². The maximum Gasteiger partial charge on any atom is 0.0580 e. The summed E-state index contributed by atoms with van der Waals surface area (Å²) in [5, 5.41) is 3.41. The van der Waals surface area contributed by atoms with E-state index in [9.17, 15) is 0 Å². The molecule has 2 heteroatoms. The van der Waals surface area contributed by atoms with E-state index >= 15 is 0 Å². The van der Waals surface area contributed by atoms with Gasteiger partial charge >= 0.3 is 0 Å². The monoisotopic (exact) mass is 228 g/mol. The molecule has 0 radical (unpaired) electrons. The van der Waals surface area contributed by atoms with E-state index in [-0.39, 0.29) is 0 Å². The molecule has 1 aromatic rings. The smallest absolute Gasteiger partial charge is 0.0580 e. The lowest BCUT2D eigenvalue weighted by molar-refractivity contribution is 0.303. The molecule has 17 heavy (non-hydrogen) atoms. The van der Waals surface area contributed by atoms with Crippen LogP contribution in [0.1, 0.15) is 18.4 Å². The highest BCUT2D eigenvalue weighted by Crippen LogP contribution is 2.13. The van der Waals surface area contributed by atoms with Crippen LogP contribution in [0.5, 0.6) is 0 Å². The minimum atomic E-state index is 0.702. The average molecular weight is 228 g/mol. The summed E-state index contributed by atoms with van der Waals surface area (Å²) < 4.78 is 0. The summed E-state index contributed by atoms with van der Waals surface area (Å²) in [6.07, 6.45) is 2.65. The summed E-state index contributed by atoms with van der Waals surface area (Å²) in [6, 6.07) is 10.8. The van der Waals surface area contributed by atoms with Crippen LogP contribution in [-0.2, 0) is 0 Å². The molecule has 1 aliphatic rings. The van der Waals surface area contributed by atoms with Crippen molar-refractivity contribution < 1.29 is 0 Å². The van der Waals surface area contributed by atoms with Crippen molar-refractivity contribution in [2.24, 2.45) is 0 Å². The fraction of sp³-hybridized carbons (Fsp3) is 0.467. The quantitative estimate of drug-likeness (QED) is 0.626. The van der Waals surface area contributed by atoms with Gasteiger partial charge in [-0.05, 0) is 38.6 Å². The van der Waals surface area contributed by atoms with Gasteiger partial charge in [0.05, 0.1) is 6.54 Å². The average Bonchev–Trinajstić information content (AvgIpc) is 2.76. The second-order valence-corrected chi connectivity index (χ2v) is 4.58. The Hall–Kier alpha value is -1.30. The molecule has 2 rings (SSSR count). The fourth-order valence-electron chi connectivity index (χ4n) is 2.21. The standard InChI is InChI=1S/C15H20N2/c1-17-12-6-10-15(17)13-16-11-5-9-14-7-3-2-4-8-14/h2-4,7-8,15-16H,6,10-13H2,1H3. The summed E-state index contributed by atoms with van der Waals surface area (Å²) in [7, 11) is 2.20. The third-order valence-electron chi connectivity index (χ3n) is 3.27. The van der Waals surface area contributed by atoms with Gasteiger partial charge in [-0.25, -0.2) is 0 Å². The molecule has 90 valence electrons. The van der Waals surface area contributed by atoms with Crippen LogP contribution in [0.15, 0.2) is 30.3 Å². The maximum absolute atomic E-state index is 3.41. The highest BCUT2D eigenvalue weighted by Gasteiger charge is 2.19. The number of hydrogen-bond acceptors (Lipinski definition) is 2. The Bertz CT molecular complexity index is 388. The molecule has 1 aliphatic heterocycles. The van der Waals surface area contributed by atoms with E-state index in [1.165, 1.54) is 19.4 Å². The fourth-order valence-corrected chi connectivity index (χ4v) is 2.21. The SMILES string of the molecule is CN1CCCC1CNCC#Cc1ccccc1. The zero-order chi connectivity index (χ0) is 11.9. The Balaban J connectivity index is 1.68. The van der Waals surface area contributed by atoms with E-state index in [2.05, 4.69) is 29.1 Å². The molecular weight excluding hydrogens is 208 g/mol. The second kappa shape index (κ2) is 6.44. The van der Waals surface area contributed by atoms with E-state index in [0.29, 0.717) is 6.04 Å². The molecule has 1 atom stereocenters. The largest absolute Gasteiger partial charge is 0.305 e. The molecule has 2 nitrogen and oxygen atoms in total. The minimum Gasteiger partial charge on any atom is -0.305 e. The van der Waals surface area contributed by atoms with Gasteiger partial charge < -0.3 is 10.2 Å². The molecule has 1 saturated heterocycles. The first-order valence-electron chi connectivity index (χ1n) is 6.31. The Labute approximate surface area is 104 Å². The zero-order valence-corrected chi connectivity index (χ0v) is 10.4. The van der Waals surface area contributed by atoms with Crippen molar-refractivity contribution in [1.82, 2.24) is 10.2 Å². The van der Waals surface area contributed by atoms with Crippen molar-refractivity contribution in [2.75, 3.05) is 26.7 Å². The number of nitrogens with zero attached hydrogens (tertiary/aromatic N) is 1. The summed E-state index contributed by atoms with van der Waals surface area (Å²) in [6.45, 7) is 3.07. The van der Waals surface area contributed by atoms with Crippen molar-refractivity contribution >= 4 is 0 Å². The molecule has 0 bridgehead atoms. The van der Waals surface area contributed by atoms with Crippen LogP contribution in [0, 0.1) is 11.8 Å². The molecule has 0 aromatic heterocycles. The van der Waals surface area contributed by atoms with E-state index in [0.717, 1.165) is 18.7 Å². The van der Waals surface area contributed by atoms with Gasteiger partial charge in [0, 0.05) is 18.2 Å². The molecule has 0 aliphatic carbocycles. The normalized spacial score (nSPS) is 19.9. The van der Waals surface area contributed by atoms with E-state index < -0.39 is 0 Å². The van der Waals surface area contributed by atoms with Gasteiger partial charge in [0.25, 0.3) is 0 Å². The molecule has 1 heterocycles. The molecule has 0 amide bonds. The van der Waals surface area contributed by atoms with Crippen LogP contribution in [0.3, 0.4) is 0 Å². The van der Waals surface area contributed by atoms with Crippen molar-refractivity contribution in [3.05, 3.63) is 35.9 Å². The topological polar surface area (TPSA) is 15.3 Å². The van der Waals surface area contributed by atoms with E-state index in [1.807, 2.05) is 30.3 Å². The zero-order valence-electron chi connectivity index (χ0n) is 10.4. The highest BCUT2D eigenvalue weighted by atomic mass is 15.2. The Morgan fingerprint density at radius 3 is 2.88 bits per heavy atom. The molecular formula is C15H20N2. The molecule has 0 spiro atoms. The van der Waals surface area contributed by atoms with Crippen LogP contribution in [0.4, 0.5) is 0 Å². The van der Waals surface area contributed by atoms with Crippen molar-refractivity contribution in [2.45, 2.75) is 18.9 Å². The van der Waals surface area contributed by atoms with Crippen molar-refractivity contribution in [1.29, 1.82) is 0 Å². The maximum atomic E-state index is 3.41. The molecule has 1 N–H and O–H groups in total. The van der Waals surface area contributed by atoms with Gasteiger partial charge in [0.15, 0.2) is 0 Å². The first-order valence-corrected chi connectivity index (χ1v) is 6.31. The molecule has 1 aromatic carbocycles. The number of hydrogen-bond donors (Lipinski definition) is 1. The second-order valence-electron chi connectivity index (χ2n) is 4.58. The van der Waals surface area contributed by atoms with Crippen molar-refractivity contribution in [3.63, 3.8) is 0 Å². The number of likely N-dealkylation sites (N-methyl/N-ethyl adjacent to an activating group) is 1. The van der Waals surface area contributed by atoms with E-state index in [4.69, 9.17) is 0 Å². The summed E-state index contributed by atoms with van der Waals surface area (Å²) in [5.41, 5.74) is 1.09. The third-order valence-corrected chi connectivity index (χ3v) is 3.27. The Morgan fingerprint density at radius 2 is 2.18 bits per heavy atom. The molecule has 0 saturated carbocycles. The third kappa shape index (κ3) is 3.89. The van der Waals surface area contributed by atoms with Gasteiger partial charge in [-0.3, -0.25) is 0 Å². The van der Waals surface area contributed by atoms with Gasteiger partial charge in [-0.1, -0.05) is 30.0 Å². The van der Waals surface area contributed by atoms with Crippen molar-refractivity contribution in [3.8, 4) is 11.8 Å². The number of rotatable bonds is 3. The van der Waals surface area contributed by atoms with Crippen LogP contribution >= 0.6 is 0 Å². The molecule has 1 unspecified atom stereocenters. The lowest BCUT2D eigenvalue weighted by atomic mass is 10.2. The summed E-state index contributed by atoms with van der Waals surface area (Å²) in [5.74, 6) is 6.32. The van der Waals surface area contributed by atoms with Gasteiger partial charge in [0.1, 0.15) is 0 Å². The number of likely N-dealkylation sites (tertiary alicyclic amines) is 1. The highest BCUT2D eigenvalue weighted by molar-refractivity contribution is 5.33.